The molecule has 122 valence electrons. The number of carbonyl (C=O) groups is 1. The van der Waals surface area contributed by atoms with Gasteiger partial charge in [0, 0.05) is 11.8 Å². The summed E-state index contributed by atoms with van der Waals surface area (Å²) in [7, 11) is 1.56. The Bertz CT molecular complexity index is 889. The Kier molecular flexibility index (Phi) is 4.29. The summed E-state index contributed by atoms with van der Waals surface area (Å²) in [6, 6.07) is 13.3. The van der Waals surface area contributed by atoms with Gasteiger partial charge < -0.3 is 10.1 Å². The highest BCUT2D eigenvalue weighted by molar-refractivity contribution is 6.05. The van der Waals surface area contributed by atoms with Crippen LogP contribution < -0.4 is 10.1 Å². The molecule has 5 nitrogen and oxygen atoms in total. The first-order valence-corrected chi connectivity index (χ1v) is 7.35. The molecule has 0 spiro atoms. The highest BCUT2D eigenvalue weighted by atomic mass is 19.1. The second-order valence-corrected chi connectivity index (χ2v) is 5.19. The Morgan fingerprint density at radius 3 is 2.75 bits per heavy atom. The fourth-order valence-corrected chi connectivity index (χ4v) is 2.40. The average molecular weight is 325 g/mol. The van der Waals surface area contributed by atoms with Gasteiger partial charge in [0.05, 0.1) is 24.6 Å². The number of nitrogens with zero attached hydrogens (tertiary/aromatic N) is 2. The minimum absolute atomic E-state index is 0.301. The van der Waals surface area contributed by atoms with Crippen LogP contribution in [0.3, 0.4) is 0 Å². The van der Waals surface area contributed by atoms with Crippen molar-refractivity contribution >= 4 is 11.6 Å². The van der Waals surface area contributed by atoms with Crippen LogP contribution in [0.25, 0.3) is 5.69 Å². The van der Waals surface area contributed by atoms with Crippen LogP contribution in [0.1, 0.15) is 16.1 Å². The van der Waals surface area contributed by atoms with Crippen molar-refractivity contribution < 1.29 is 13.9 Å². The molecule has 0 saturated carbocycles. The predicted molar refractivity (Wildman–Crippen MR) is 89.2 cm³/mol. The van der Waals surface area contributed by atoms with E-state index in [1.807, 2.05) is 0 Å². The van der Waals surface area contributed by atoms with Crippen LogP contribution in [0.5, 0.6) is 5.75 Å². The van der Waals surface area contributed by atoms with E-state index in [0.717, 1.165) is 0 Å². The van der Waals surface area contributed by atoms with Gasteiger partial charge in [-0.15, -0.1) is 0 Å². The number of nitrogens with one attached hydrogen (secondary N) is 1. The molecule has 1 amide bonds. The average Bonchev–Trinajstić information content (AvgIpc) is 2.97. The summed E-state index contributed by atoms with van der Waals surface area (Å²) >= 11 is 0. The van der Waals surface area contributed by atoms with Gasteiger partial charge in [-0.1, -0.05) is 18.2 Å². The minimum Gasteiger partial charge on any atom is -0.497 e. The third-order valence-corrected chi connectivity index (χ3v) is 3.66. The third kappa shape index (κ3) is 2.99. The first kappa shape index (κ1) is 15.7. The number of carbonyl (C=O) groups excluding carboxylic acids is 1. The summed E-state index contributed by atoms with van der Waals surface area (Å²) < 4.78 is 20.5. The van der Waals surface area contributed by atoms with E-state index < -0.39 is 5.82 Å². The van der Waals surface area contributed by atoms with E-state index in [9.17, 15) is 9.18 Å². The maximum atomic E-state index is 13.9. The normalized spacial score (nSPS) is 10.5. The third-order valence-electron chi connectivity index (χ3n) is 3.66. The summed E-state index contributed by atoms with van der Waals surface area (Å²) in [6.45, 7) is 1.72. The number of halogens is 1. The molecule has 3 rings (SSSR count). The number of aromatic nitrogens is 2. The van der Waals surface area contributed by atoms with Crippen molar-refractivity contribution in [2.45, 2.75) is 6.92 Å². The van der Waals surface area contributed by atoms with Crippen LogP contribution >= 0.6 is 0 Å². The lowest BCUT2D eigenvalue weighted by Crippen LogP contribution is -2.13. The summed E-state index contributed by atoms with van der Waals surface area (Å²) in [5.41, 5.74) is 1.84. The molecule has 1 aromatic heterocycles. The van der Waals surface area contributed by atoms with Gasteiger partial charge in [-0.3, -0.25) is 4.79 Å². The number of anilines is 1. The van der Waals surface area contributed by atoms with E-state index in [1.165, 1.54) is 16.9 Å². The Balaban J connectivity index is 1.88. The zero-order chi connectivity index (χ0) is 17.1. The second-order valence-electron chi connectivity index (χ2n) is 5.19. The van der Waals surface area contributed by atoms with Crippen LogP contribution in [-0.2, 0) is 0 Å². The molecule has 2 aromatic carbocycles. The highest BCUT2D eigenvalue weighted by Crippen LogP contribution is 2.20. The van der Waals surface area contributed by atoms with Crippen molar-refractivity contribution in [2.24, 2.45) is 0 Å². The van der Waals surface area contributed by atoms with Gasteiger partial charge in [-0.05, 0) is 31.2 Å². The molecule has 0 atom stereocenters. The van der Waals surface area contributed by atoms with E-state index in [2.05, 4.69) is 10.4 Å². The topological polar surface area (TPSA) is 56.1 Å². The fourth-order valence-electron chi connectivity index (χ4n) is 2.40. The van der Waals surface area contributed by atoms with E-state index in [-0.39, 0.29) is 5.91 Å². The van der Waals surface area contributed by atoms with Gasteiger partial charge in [0.1, 0.15) is 17.3 Å². The van der Waals surface area contributed by atoms with Gasteiger partial charge in [0.15, 0.2) is 0 Å². The zero-order valence-corrected chi connectivity index (χ0v) is 13.3. The maximum absolute atomic E-state index is 13.9. The quantitative estimate of drug-likeness (QED) is 0.797. The van der Waals surface area contributed by atoms with E-state index in [1.54, 1.807) is 56.5 Å². The number of methoxy groups -OCH3 is 1. The van der Waals surface area contributed by atoms with Crippen LogP contribution in [0.4, 0.5) is 10.1 Å². The van der Waals surface area contributed by atoms with Gasteiger partial charge >= 0.3 is 0 Å². The Morgan fingerprint density at radius 1 is 1.21 bits per heavy atom. The Morgan fingerprint density at radius 2 is 2.00 bits per heavy atom. The molecule has 0 saturated heterocycles. The predicted octanol–water partition coefficient (Wildman–Crippen LogP) is 3.58. The largest absolute Gasteiger partial charge is 0.497 e. The van der Waals surface area contributed by atoms with Gasteiger partial charge in [-0.2, -0.15) is 5.10 Å². The molecule has 0 fully saturated rings. The standard InChI is InChI=1S/C18H16FN3O2/c1-12-15(11-20-22(12)17-9-4-3-8-16(17)19)18(23)21-13-6-5-7-14(10-13)24-2/h3-11H,1-2H3,(H,21,23). The number of benzene rings is 2. The van der Waals surface area contributed by atoms with Crippen molar-refractivity contribution in [1.82, 2.24) is 9.78 Å². The smallest absolute Gasteiger partial charge is 0.259 e. The number of amides is 1. The first-order valence-electron chi connectivity index (χ1n) is 7.35. The number of hydrogen-bond donors (Lipinski definition) is 1. The van der Waals surface area contributed by atoms with Gasteiger partial charge in [0.2, 0.25) is 0 Å². The van der Waals surface area contributed by atoms with Crippen molar-refractivity contribution in [1.29, 1.82) is 0 Å². The van der Waals surface area contributed by atoms with Crippen molar-refractivity contribution in [3.05, 3.63) is 71.8 Å². The molecule has 1 heterocycles. The summed E-state index contributed by atoms with van der Waals surface area (Å²) in [5.74, 6) is -0.0710. The molecular weight excluding hydrogens is 309 g/mol. The van der Waals surface area contributed by atoms with Crippen LogP contribution in [0.2, 0.25) is 0 Å². The molecule has 0 bridgehead atoms. The van der Waals surface area contributed by atoms with E-state index in [0.29, 0.717) is 28.4 Å². The van der Waals surface area contributed by atoms with Crippen LogP contribution in [0, 0.1) is 12.7 Å². The Labute approximate surface area is 138 Å². The van der Waals surface area contributed by atoms with E-state index in [4.69, 9.17) is 4.74 Å². The first-order chi connectivity index (χ1) is 11.6. The summed E-state index contributed by atoms with van der Waals surface area (Å²) in [4.78, 5) is 12.5. The highest BCUT2D eigenvalue weighted by Gasteiger charge is 2.17. The van der Waals surface area contributed by atoms with Crippen molar-refractivity contribution in [3.63, 3.8) is 0 Å². The van der Waals surface area contributed by atoms with Gasteiger partial charge in [-0.25, -0.2) is 9.07 Å². The minimum atomic E-state index is -0.400. The lowest BCUT2D eigenvalue weighted by molar-refractivity contribution is 0.102. The zero-order valence-electron chi connectivity index (χ0n) is 13.3. The molecule has 0 unspecified atom stereocenters. The number of hydrogen-bond acceptors (Lipinski definition) is 3. The number of para-hydroxylation sites is 1. The van der Waals surface area contributed by atoms with Crippen molar-refractivity contribution in [3.8, 4) is 11.4 Å². The molecule has 24 heavy (non-hydrogen) atoms. The second kappa shape index (κ2) is 6.54. The lowest BCUT2D eigenvalue weighted by atomic mass is 10.2. The molecular formula is C18H16FN3O2. The fraction of sp³-hybridized carbons (Fsp3) is 0.111. The molecule has 0 aliphatic carbocycles. The maximum Gasteiger partial charge on any atom is 0.259 e. The lowest BCUT2D eigenvalue weighted by Gasteiger charge is -2.08. The number of ether oxygens (including phenoxy) is 1. The molecule has 3 aromatic rings. The number of rotatable bonds is 4. The molecule has 1 N–H and O–H groups in total. The summed E-state index contributed by atoms with van der Waals surface area (Å²) in [5, 5.41) is 6.92. The monoisotopic (exact) mass is 325 g/mol. The Hall–Kier alpha value is -3.15. The molecule has 0 aliphatic heterocycles. The SMILES string of the molecule is COc1cccc(NC(=O)c2cnn(-c3ccccc3F)c2C)c1. The molecule has 6 heteroatoms. The summed E-state index contributed by atoms with van der Waals surface area (Å²) in [6.07, 6.45) is 1.43. The van der Waals surface area contributed by atoms with Crippen molar-refractivity contribution in [2.75, 3.05) is 12.4 Å². The van der Waals surface area contributed by atoms with E-state index >= 15 is 0 Å². The van der Waals surface area contributed by atoms with Crippen LogP contribution in [0.15, 0.2) is 54.7 Å². The van der Waals surface area contributed by atoms with Crippen LogP contribution in [-0.4, -0.2) is 22.8 Å². The molecule has 0 aliphatic rings. The molecule has 0 radical (unpaired) electrons. The van der Waals surface area contributed by atoms with Gasteiger partial charge in [0.25, 0.3) is 5.91 Å².